The fraction of sp³-hybridized carbons (Fsp3) is 0.875. The van der Waals surface area contributed by atoms with Crippen LogP contribution in [0.15, 0.2) is 0 Å². The van der Waals surface area contributed by atoms with Crippen LogP contribution in [0, 0.1) is 11.8 Å². The molecule has 2 amide bonds. The molecule has 2 N–H and O–H groups in total. The topological polar surface area (TPSA) is 50.4 Å². The van der Waals surface area contributed by atoms with Gasteiger partial charge in [-0.15, -0.1) is 0 Å². The number of carbonyl (C=O) groups excluding carboxylic acids is 1. The lowest BCUT2D eigenvalue weighted by Crippen LogP contribution is -2.36. The molecule has 2 fully saturated rings. The molecule has 0 bridgehead atoms. The van der Waals surface area contributed by atoms with Crippen LogP contribution in [-0.2, 0) is 4.84 Å². The second kappa shape index (κ2) is 2.94. The Balaban J connectivity index is 1.65. The number of urea groups is 1. The first kappa shape index (κ1) is 7.86. The smallest absolute Gasteiger partial charge is 0.333 e. The van der Waals surface area contributed by atoms with E-state index >= 15 is 0 Å². The Morgan fingerprint density at radius 3 is 2.83 bits per heavy atom. The lowest BCUT2D eigenvalue weighted by atomic mass is 10.3. The summed E-state index contributed by atoms with van der Waals surface area (Å²) < 4.78 is 0. The minimum absolute atomic E-state index is 0.217. The molecule has 0 unspecified atom stereocenters. The Morgan fingerprint density at radius 1 is 1.50 bits per heavy atom. The van der Waals surface area contributed by atoms with Crippen molar-refractivity contribution < 1.29 is 9.63 Å². The lowest BCUT2D eigenvalue weighted by Gasteiger charge is -2.03. The largest absolute Gasteiger partial charge is 0.338 e. The maximum Gasteiger partial charge on any atom is 0.338 e. The van der Waals surface area contributed by atoms with Gasteiger partial charge in [0, 0.05) is 6.04 Å². The molecule has 2 saturated carbocycles. The Morgan fingerprint density at radius 2 is 2.25 bits per heavy atom. The molecule has 2 aliphatic rings. The molecular weight excluding hydrogens is 156 g/mol. The molecule has 0 aromatic carbocycles. The molecule has 0 spiro atoms. The summed E-state index contributed by atoms with van der Waals surface area (Å²) in [6.07, 6.45) is 3.87. The number of amides is 2. The van der Waals surface area contributed by atoms with E-state index in [-0.39, 0.29) is 6.03 Å². The molecule has 68 valence electrons. The lowest BCUT2D eigenvalue weighted by molar-refractivity contribution is 0.107. The van der Waals surface area contributed by atoms with Gasteiger partial charge in [-0.25, -0.2) is 10.3 Å². The van der Waals surface area contributed by atoms with E-state index in [4.69, 9.17) is 0 Å². The van der Waals surface area contributed by atoms with Gasteiger partial charge in [0.05, 0.1) is 7.11 Å². The first-order valence-corrected chi connectivity index (χ1v) is 4.40. The molecule has 2 rings (SSSR count). The highest BCUT2D eigenvalue weighted by atomic mass is 16.6. The van der Waals surface area contributed by atoms with Crippen molar-refractivity contribution in [3.05, 3.63) is 0 Å². The maximum absolute atomic E-state index is 10.9. The van der Waals surface area contributed by atoms with Crippen LogP contribution in [-0.4, -0.2) is 19.2 Å². The first-order valence-electron chi connectivity index (χ1n) is 4.40. The zero-order valence-electron chi connectivity index (χ0n) is 7.17. The number of hydrogen-bond acceptors (Lipinski definition) is 2. The molecule has 0 radical (unpaired) electrons. The molecule has 2 aliphatic carbocycles. The average Bonchev–Trinajstić information content (AvgIpc) is 2.78. The van der Waals surface area contributed by atoms with Gasteiger partial charge in [-0.1, -0.05) is 0 Å². The van der Waals surface area contributed by atoms with Gasteiger partial charge < -0.3 is 5.32 Å². The van der Waals surface area contributed by atoms with Crippen LogP contribution < -0.4 is 10.8 Å². The summed E-state index contributed by atoms with van der Waals surface area (Å²) in [7, 11) is 1.44. The summed E-state index contributed by atoms with van der Waals surface area (Å²) in [4.78, 5) is 15.4. The normalized spacial score (nSPS) is 32.8. The zero-order valence-corrected chi connectivity index (χ0v) is 7.17. The third kappa shape index (κ3) is 1.69. The van der Waals surface area contributed by atoms with Crippen LogP contribution in [0.1, 0.15) is 19.3 Å². The van der Waals surface area contributed by atoms with E-state index in [0.29, 0.717) is 6.04 Å². The molecule has 2 atom stereocenters. The highest BCUT2D eigenvalue weighted by Gasteiger charge is 2.48. The van der Waals surface area contributed by atoms with Gasteiger partial charge >= 0.3 is 6.03 Å². The summed E-state index contributed by atoms with van der Waals surface area (Å²) >= 11 is 0. The molecule has 0 aromatic heterocycles. The predicted molar refractivity (Wildman–Crippen MR) is 43.3 cm³/mol. The van der Waals surface area contributed by atoms with E-state index in [9.17, 15) is 4.79 Å². The molecular formula is C8H14N2O2. The number of nitrogens with one attached hydrogen (secondary N) is 2. The van der Waals surface area contributed by atoms with Crippen LogP contribution in [0.3, 0.4) is 0 Å². The highest BCUT2D eigenvalue weighted by molar-refractivity contribution is 5.73. The van der Waals surface area contributed by atoms with Crippen molar-refractivity contribution in [1.82, 2.24) is 10.8 Å². The maximum atomic E-state index is 10.9. The van der Waals surface area contributed by atoms with E-state index in [1.807, 2.05) is 0 Å². The fourth-order valence-corrected chi connectivity index (χ4v) is 1.72. The zero-order chi connectivity index (χ0) is 8.55. The van der Waals surface area contributed by atoms with Gasteiger partial charge in [-0.05, 0) is 31.1 Å². The van der Waals surface area contributed by atoms with Gasteiger partial charge in [-0.3, -0.25) is 4.84 Å². The van der Waals surface area contributed by atoms with Gasteiger partial charge in [-0.2, -0.15) is 0 Å². The molecule has 0 aliphatic heterocycles. The average molecular weight is 170 g/mol. The molecule has 4 heteroatoms. The van der Waals surface area contributed by atoms with Gasteiger partial charge in [0.25, 0.3) is 0 Å². The van der Waals surface area contributed by atoms with Crippen LogP contribution in [0.2, 0.25) is 0 Å². The van der Waals surface area contributed by atoms with Crippen LogP contribution in [0.5, 0.6) is 0 Å². The number of hydrogen-bond donors (Lipinski definition) is 2. The van der Waals surface area contributed by atoms with E-state index < -0.39 is 0 Å². The van der Waals surface area contributed by atoms with Crippen molar-refractivity contribution >= 4 is 6.03 Å². The Labute approximate surface area is 71.6 Å². The molecule has 12 heavy (non-hydrogen) atoms. The Kier molecular flexibility index (Phi) is 1.92. The Bertz CT molecular complexity index is 191. The number of carbonyl (C=O) groups is 1. The molecule has 0 aromatic rings. The minimum atomic E-state index is -0.217. The van der Waals surface area contributed by atoms with Gasteiger partial charge in [0.2, 0.25) is 0 Å². The van der Waals surface area contributed by atoms with Gasteiger partial charge in [0.1, 0.15) is 0 Å². The Hall–Kier alpha value is -0.770. The third-order valence-electron chi connectivity index (χ3n) is 2.58. The van der Waals surface area contributed by atoms with Crippen molar-refractivity contribution in [2.45, 2.75) is 25.3 Å². The standard InChI is InChI=1S/C8H14N2O2/c1-12-10-8(11)9-7-4-6(7)5-2-3-5/h5-7H,2-4H2,1H3,(H2,9,10,11)/t6-,7+/m0/s1. The number of rotatable bonds is 3. The van der Waals surface area contributed by atoms with Crippen molar-refractivity contribution in [2.24, 2.45) is 11.8 Å². The SMILES string of the molecule is CONC(=O)N[C@@H]1C[C@H]1C1CC1. The summed E-state index contributed by atoms with van der Waals surface area (Å²) in [5.41, 5.74) is 2.25. The highest BCUT2D eigenvalue weighted by Crippen LogP contribution is 2.49. The van der Waals surface area contributed by atoms with Crippen molar-refractivity contribution in [3.8, 4) is 0 Å². The monoisotopic (exact) mass is 170 g/mol. The van der Waals surface area contributed by atoms with E-state index in [2.05, 4.69) is 15.6 Å². The second-order valence-corrected chi connectivity index (χ2v) is 3.62. The molecule has 0 heterocycles. The van der Waals surface area contributed by atoms with Crippen molar-refractivity contribution in [2.75, 3.05) is 7.11 Å². The van der Waals surface area contributed by atoms with Crippen LogP contribution in [0.4, 0.5) is 4.79 Å². The third-order valence-corrected chi connectivity index (χ3v) is 2.58. The fourth-order valence-electron chi connectivity index (χ4n) is 1.72. The second-order valence-electron chi connectivity index (χ2n) is 3.62. The van der Waals surface area contributed by atoms with E-state index in [1.54, 1.807) is 0 Å². The van der Waals surface area contributed by atoms with Crippen molar-refractivity contribution in [1.29, 1.82) is 0 Å². The van der Waals surface area contributed by atoms with E-state index in [1.165, 1.54) is 20.0 Å². The number of hydroxylamine groups is 1. The first-order chi connectivity index (χ1) is 5.81. The van der Waals surface area contributed by atoms with E-state index in [0.717, 1.165) is 18.3 Å². The van der Waals surface area contributed by atoms with Crippen LogP contribution >= 0.6 is 0 Å². The summed E-state index contributed by atoms with van der Waals surface area (Å²) in [6, 6.07) is 0.193. The quantitative estimate of drug-likeness (QED) is 0.611. The van der Waals surface area contributed by atoms with Crippen LogP contribution in [0.25, 0.3) is 0 Å². The molecule has 4 nitrogen and oxygen atoms in total. The summed E-state index contributed by atoms with van der Waals surface area (Å²) in [5.74, 6) is 1.66. The predicted octanol–water partition coefficient (Wildman–Crippen LogP) is 0.645. The van der Waals surface area contributed by atoms with Crippen molar-refractivity contribution in [3.63, 3.8) is 0 Å². The van der Waals surface area contributed by atoms with Gasteiger partial charge in [0.15, 0.2) is 0 Å². The molecule has 0 saturated heterocycles. The summed E-state index contributed by atoms with van der Waals surface area (Å²) in [6.45, 7) is 0. The minimum Gasteiger partial charge on any atom is -0.333 e. The summed E-state index contributed by atoms with van der Waals surface area (Å²) in [5, 5.41) is 2.85.